The van der Waals surface area contributed by atoms with Gasteiger partial charge >= 0.3 is 12.1 Å². The van der Waals surface area contributed by atoms with Gasteiger partial charge in [0.25, 0.3) is 0 Å². The summed E-state index contributed by atoms with van der Waals surface area (Å²) in [5, 5.41) is 9.34. The van der Waals surface area contributed by atoms with Crippen LogP contribution >= 0.6 is 0 Å². The number of nitrogens with zero attached hydrogens (tertiary/aromatic N) is 2. The van der Waals surface area contributed by atoms with E-state index in [0.717, 1.165) is 24.1 Å². The van der Waals surface area contributed by atoms with Gasteiger partial charge < -0.3 is 14.7 Å². The number of amides is 1. The molecule has 136 valence electrons. The van der Waals surface area contributed by atoms with Crippen molar-refractivity contribution in [1.29, 1.82) is 0 Å². The average molecular weight is 346 g/mol. The van der Waals surface area contributed by atoms with E-state index in [1.54, 1.807) is 13.0 Å². The summed E-state index contributed by atoms with van der Waals surface area (Å²) in [6.45, 7) is 8.85. The number of hydrogen-bond acceptors (Lipinski definition) is 4. The second-order valence-electron chi connectivity index (χ2n) is 7.98. The lowest BCUT2D eigenvalue weighted by atomic mass is 10.1. The molecule has 1 amide bonds. The van der Waals surface area contributed by atoms with Crippen molar-refractivity contribution in [2.75, 3.05) is 18.0 Å². The molecule has 2 saturated heterocycles. The van der Waals surface area contributed by atoms with Gasteiger partial charge in [-0.2, -0.15) is 0 Å². The summed E-state index contributed by atoms with van der Waals surface area (Å²) in [4.78, 5) is 28.0. The summed E-state index contributed by atoms with van der Waals surface area (Å²) in [6, 6.07) is 5.78. The SMILES string of the molecule is Cc1ccc(N2C[C@H]3CC[C@@H](C2)N3C(=O)OC(C)(C)C)cc1C(=O)O. The molecule has 0 aromatic heterocycles. The second-order valence-corrected chi connectivity index (χ2v) is 7.98. The van der Waals surface area contributed by atoms with Gasteiger partial charge in [-0.25, -0.2) is 9.59 Å². The summed E-state index contributed by atoms with van der Waals surface area (Å²) in [5.41, 5.74) is 1.50. The molecule has 2 fully saturated rings. The van der Waals surface area contributed by atoms with Crippen LogP contribution in [0.1, 0.15) is 49.5 Å². The van der Waals surface area contributed by atoms with E-state index in [2.05, 4.69) is 4.90 Å². The average Bonchev–Trinajstić information content (AvgIpc) is 2.76. The van der Waals surface area contributed by atoms with Crippen LogP contribution in [-0.2, 0) is 4.74 Å². The van der Waals surface area contributed by atoms with E-state index < -0.39 is 11.6 Å². The van der Waals surface area contributed by atoms with Crippen LogP contribution in [0.5, 0.6) is 0 Å². The molecule has 0 aliphatic carbocycles. The third-order valence-corrected chi connectivity index (χ3v) is 4.90. The molecule has 0 saturated carbocycles. The highest BCUT2D eigenvalue weighted by molar-refractivity contribution is 5.90. The predicted molar refractivity (Wildman–Crippen MR) is 95.2 cm³/mol. The Kier molecular flexibility index (Phi) is 4.39. The number of ether oxygens (including phenoxy) is 1. The predicted octanol–water partition coefficient (Wildman–Crippen LogP) is 3.28. The summed E-state index contributed by atoms with van der Waals surface area (Å²) in [5.74, 6) is -0.908. The smallest absolute Gasteiger partial charge is 0.410 e. The molecule has 2 bridgehead atoms. The van der Waals surface area contributed by atoms with Gasteiger partial charge in [-0.3, -0.25) is 4.90 Å². The minimum Gasteiger partial charge on any atom is -0.478 e. The van der Waals surface area contributed by atoms with Crippen LogP contribution in [0.4, 0.5) is 10.5 Å². The van der Waals surface area contributed by atoms with Crippen LogP contribution in [0.15, 0.2) is 18.2 Å². The molecule has 2 atom stereocenters. The molecular weight excluding hydrogens is 320 g/mol. The zero-order valence-electron chi connectivity index (χ0n) is 15.3. The molecule has 2 heterocycles. The molecule has 2 aliphatic heterocycles. The highest BCUT2D eigenvalue weighted by Crippen LogP contribution is 2.34. The first kappa shape index (κ1) is 17.6. The number of carbonyl (C=O) groups is 2. The van der Waals surface area contributed by atoms with Crippen LogP contribution < -0.4 is 4.90 Å². The van der Waals surface area contributed by atoms with Crippen LogP contribution in [-0.4, -0.2) is 52.8 Å². The highest BCUT2D eigenvalue weighted by atomic mass is 16.6. The Morgan fingerprint density at radius 2 is 1.76 bits per heavy atom. The fourth-order valence-electron chi connectivity index (χ4n) is 3.76. The van der Waals surface area contributed by atoms with Gasteiger partial charge in [0.05, 0.1) is 17.6 Å². The standard InChI is InChI=1S/C19H26N2O4/c1-12-5-6-13(9-16(12)17(22)23)20-10-14-7-8-15(11-20)21(14)18(24)25-19(2,3)4/h5-6,9,14-15H,7-8,10-11H2,1-4H3,(H,22,23)/t14-,15+. The number of aromatic carboxylic acids is 1. The van der Waals surface area contributed by atoms with Gasteiger partial charge in [-0.1, -0.05) is 6.07 Å². The number of carbonyl (C=O) groups excluding carboxylic acids is 1. The van der Waals surface area contributed by atoms with Gasteiger partial charge in [-0.05, 0) is 58.2 Å². The number of fused-ring (bicyclic) bond motifs is 2. The molecule has 25 heavy (non-hydrogen) atoms. The number of carboxylic acids is 1. The monoisotopic (exact) mass is 346 g/mol. The number of aryl methyl sites for hydroxylation is 1. The number of carboxylic acid groups (broad SMARTS) is 1. The molecular formula is C19H26N2O4. The number of hydrogen-bond donors (Lipinski definition) is 1. The van der Waals surface area contributed by atoms with Crippen molar-refractivity contribution in [2.24, 2.45) is 0 Å². The minimum absolute atomic E-state index is 0.114. The number of benzene rings is 1. The maximum atomic E-state index is 12.5. The zero-order valence-corrected chi connectivity index (χ0v) is 15.3. The molecule has 0 unspecified atom stereocenters. The van der Waals surface area contributed by atoms with E-state index >= 15 is 0 Å². The van der Waals surface area contributed by atoms with Crippen LogP contribution in [0.3, 0.4) is 0 Å². The van der Waals surface area contributed by atoms with E-state index in [9.17, 15) is 14.7 Å². The van der Waals surface area contributed by atoms with Crippen LogP contribution in [0.25, 0.3) is 0 Å². The van der Waals surface area contributed by atoms with Gasteiger partial charge in [-0.15, -0.1) is 0 Å². The van der Waals surface area contributed by atoms with E-state index in [0.29, 0.717) is 18.7 Å². The molecule has 1 N–H and O–H groups in total. The first-order chi connectivity index (χ1) is 11.7. The van der Waals surface area contributed by atoms with Gasteiger partial charge in [0.15, 0.2) is 0 Å². The van der Waals surface area contributed by atoms with Gasteiger partial charge in [0, 0.05) is 18.8 Å². The molecule has 3 rings (SSSR count). The first-order valence-electron chi connectivity index (χ1n) is 8.76. The maximum Gasteiger partial charge on any atom is 0.410 e. The van der Waals surface area contributed by atoms with Crippen molar-refractivity contribution < 1.29 is 19.4 Å². The van der Waals surface area contributed by atoms with Crippen molar-refractivity contribution in [1.82, 2.24) is 4.90 Å². The van der Waals surface area contributed by atoms with E-state index in [1.807, 2.05) is 37.8 Å². The lowest BCUT2D eigenvalue weighted by Crippen LogP contribution is -2.56. The number of anilines is 1. The van der Waals surface area contributed by atoms with Crippen LogP contribution in [0.2, 0.25) is 0 Å². The fourth-order valence-corrected chi connectivity index (χ4v) is 3.76. The molecule has 1 aromatic carbocycles. The van der Waals surface area contributed by atoms with Crippen molar-refractivity contribution in [3.63, 3.8) is 0 Å². The Bertz CT molecular complexity index is 681. The summed E-state index contributed by atoms with van der Waals surface area (Å²) in [6.07, 6.45) is 1.67. The molecule has 2 aliphatic rings. The molecule has 6 nitrogen and oxygen atoms in total. The lowest BCUT2D eigenvalue weighted by Gasteiger charge is -2.42. The Hall–Kier alpha value is -2.24. The Labute approximate surface area is 148 Å². The zero-order chi connectivity index (χ0) is 18.4. The normalized spacial score (nSPS) is 22.9. The van der Waals surface area contributed by atoms with Crippen LogP contribution in [0, 0.1) is 6.92 Å². The Morgan fingerprint density at radius 3 is 2.28 bits per heavy atom. The number of rotatable bonds is 2. The third-order valence-electron chi connectivity index (χ3n) is 4.90. The molecule has 1 aromatic rings. The third kappa shape index (κ3) is 3.57. The summed E-state index contributed by atoms with van der Waals surface area (Å²) < 4.78 is 5.56. The fraction of sp³-hybridized carbons (Fsp3) is 0.579. The Balaban J connectivity index is 1.77. The van der Waals surface area contributed by atoms with Crippen molar-refractivity contribution in [3.8, 4) is 0 Å². The molecule has 0 radical (unpaired) electrons. The molecule has 0 spiro atoms. The topological polar surface area (TPSA) is 70.1 Å². The summed E-state index contributed by atoms with van der Waals surface area (Å²) in [7, 11) is 0. The van der Waals surface area contributed by atoms with Gasteiger partial charge in [0.2, 0.25) is 0 Å². The first-order valence-corrected chi connectivity index (χ1v) is 8.76. The van der Waals surface area contributed by atoms with E-state index in [4.69, 9.17) is 4.74 Å². The number of piperazine rings is 1. The minimum atomic E-state index is -0.908. The largest absolute Gasteiger partial charge is 0.478 e. The molecule has 6 heteroatoms. The maximum absolute atomic E-state index is 12.5. The highest BCUT2D eigenvalue weighted by Gasteiger charge is 2.44. The second kappa shape index (κ2) is 6.24. The quantitative estimate of drug-likeness (QED) is 0.890. The van der Waals surface area contributed by atoms with E-state index in [1.165, 1.54) is 0 Å². The van der Waals surface area contributed by atoms with Crippen molar-refractivity contribution >= 4 is 17.7 Å². The van der Waals surface area contributed by atoms with Crippen molar-refractivity contribution in [2.45, 2.75) is 58.2 Å². The Morgan fingerprint density at radius 1 is 1.16 bits per heavy atom. The van der Waals surface area contributed by atoms with Gasteiger partial charge in [0.1, 0.15) is 5.60 Å². The van der Waals surface area contributed by atoms with E-state index in [-0.39, 0.29) is 18.2 Å². The summed E-state index contributed by atoms with van der Waals surface area (Å²) >= 11 is 0. The lowest BCUT2D eigenvalue weighted by molar-refractivity contribution is 0.0123. The van der Waals surface area contributed by atoms with Crippen molar-refractivity contribution in [3.05, 3.63) is 29.3 Å².